The van der Waals surface area contributed by atoms with Crippen LogP contribution >= 0.6 is 12.2 Å². The molecule has 1 aliphatic heterocycles. The molecule has 0 aromatic heterocycles. The Bertz CT molecular complexity index is 399. The third-order valence-electron chi connectivity index (χ3n) is 3.72. The van der Waals surface area contributed by atoms with Gasteiger partial charge in [-0.15, -0.1) is 0 Å². The smallest absolute Gasteiger partial charge is 0.169 e. The second-order valence-corrected chi connectivity index (χ2v) is 5.72. The van der Waals surface area contributed by atoms with Crippen LogP contribution in [0.3, 0.4) is 0 Å². The van der Waals surface area contributed by atoms with Gasteiger partial charge >= 0.3 is 0 Å². The lowest BCUT2D eigenvalue weighted by molar-refractivity contribution is 0.174. The topological polar surface area (TPSA) is 18.5 Å². The molecule has 1 heterocycles. The predicted octanol–water partition coefficient (Wildman–Crippen LogP) is 2.48. The number of nitrogens with one attached hydrogen (secondary N) is 1. The Kier molecular flexibility index (Phi) is 6.27. The van der Waals surface area contributed by atoms with Crippen molar-refractivity contribution in [2.45, 2.75) is 26.3 Å². The first-order valence-corrected chi connectivity index (χ1v) is 7.99. The lowest BCUT2D eigenvalue weighted by atomic mass is 10.2. The first kappa shape index (κ1) is 15.3. The molecule has 4 heteroatoms. The molecule has 0 bridgehead atoms. The van der Waals surface area contributed by atoms with Crippen LogP contribution in [0.25, 0.3) is 0 Å². The molecule has 3 nitrogen and oxygen atoms in total. The number of hydrogen-bond acceptors (Lipinski definition) is 2. The van der Waals surface area contributed by atoms with Crippen LogP contribution in [0, 0.1) is 0 Å². The molecule has 0 unspecified atom stereocenters. The number of rotatable bonds is 5. The maximum absolute atomic E-state index is 5.45. The monoisotopic (exact) mass is 291 g/mol. The number of hydrogen-bond donors (Lipinski definition) is 1. The number of thiocarbonyl (C=S) groups is 1. The van der Waals surface area contributed by atoms with Crippen molar-refractivity contribution in [2.24, 2.45) is 0 Å². The standard InChI is InChI=1S/C16H25N3S/c1-2-3-9-17-16(20)19-12-10-18(11-13-19)14-15-7-5-4-6-8-15/h4-8H,2-3,9-14H2,1H3,(H,17,20). The molecule has 1 fully saturated rings. The van der Waals surface area contributed by atoms with Crippen LogP contribution in [0.5, 0.6) is 0 Å². The van der Waals surface area contributed by atoms with Gasteiger partial charge in [0.2, 0.25) is 0 Å². The molecule has 0 saturated carbocycles. The zero-order valence-corrected chi connectivity index (χ0v) is 13.2. The average molecular weight is 291 g/mol. The summed E-state index contributed by atoms with van der Waals surface area (Å²) in [6, 6.07) is 10.7. The van der Waals surface area contributed by atoms with E-state index in [1.165, 1.54) is 18.4 Å². The fourth-order valence-electron chi connectivity index (χ4n) is 2.43. The van der Waals surface area contributed by atoms with Crippen molar-refractivity contribution in [2.75, 3.05) is 32.7 Å². The SMILES string of the molecule is CCCCNC(=S)N1CCN(Cc2ccccc2)CC1. The fourth-order valence-corrected chi connectivity index (χ4v) is 2.72. The molecule has 0 spiro atoms. The van der Waals surface area contributed by atoms with Crippen LogP contribution in [0.15, 0.2) is 30.3 Å². The summed E-state index contributed by atoms with van der Waals surface area (Å²) in [5.74, 6) is 0. The van der Waals surface area contributed by atoms with Crippen molar-refractivity contribution in [3.63, 3.8) is 0 Å². The molecule has 0 amide bonds. The largest absolute Gasteiger partial charge is 0.363 e. The van der Waals surface area contributed by atoms with Crippen molar-refractivity contribution in [1.82, 2.24) is 15.1 Å². The zero-order chi connectivity index (χ0) is 14.2. The molecule has 1 saturated heterocycles. The molecule has 1 aromatic rings. The summed E-state index contributed by atoms with van der Waals surface area (Å²) in [4.78, 5) is 4.80. The van der Waals surface area contributed by atoms with E-state index in [2.05, 4.69) is 52.4 Å². The second-order valence-electron chi connectivity index (χ2n) is 5.33. The van der Waals surface area contributed by atoms with E-state index in [1.54, 1.807) is 0 Å². The van der Waals surface area contributed by atoms with E-state index in [9.17, 15) is 0 Å². The van der Waals surface area contributed by atoms with Crippen LogP contribution in [0.2, 0.25) is 0 Å². The van der Waals surface area contributed by atoms with Gasteiger partial charge in [-0.25, -0.2) is 0 Å². The Morgan fingerprint density at radius 3 is 2.50 bits per heavy atom. The average Bonchev–Trinajstić information content (AvgIpc) is 2.49. The van der Waals surface area contributed by atoms with E-state index in [-0.39, 0.29) is 0 Å². The molecule has 110 valence electrons. The van der Waals surface area contributed by atoms with E-state index in [1.807, 2.05) is 0 Å². The van der Waals surface area contributed by atoms with Crippen molar-refractivity contribution >= 4 is 17.3 Å². The minimum Gasteiger partial charge on any atom is -0.363 e. The van der Waals surface area contributed by atoms with Gasteiger partial charge in [0.25, 0.3) is 0 Å². The van der Waals surface area contributed by atoms with Gasteiger partial charge in [0.1, 0.15) is 0 Å². The molecule has 0 aliphatic carbocycles. The number of nitrogens with zero attached hydrogens (tertiary/aromatic N) is 2. The highest BCUT2D eigenvalue weighted by atomic mass is 32.1. The Morgan fingerprint density at radius 2 is 1.85 bits per heavy atom. The van der Waals surface area contributed by atoms with E-state index in [0.29, 0.717) is 0 Å². The van der Waals surface area contributed by atoms with E-state index < -0.39 is 0 Å². The van der Waals surface area contributed by atoms with Gasteiger partial charge in [0.05, 0.1) is 0 Å². The van der Waals surface area contributed by atoms with Gasteiger partial charge in [-0.05, 0) is 24.2 Å². The maximum atomic E-state index is 5.45. The summed E-state index contributed by atoms with van der Waals surface area (Å²) in [7, 11) is 0. The van der Waals surface area contributed by atoms with Crippen LogP contribution in [0.1, 0.15) is 25.3 Å². The van der Waals surface area contributed by atoms with Crippen LogP contribution in [-0.4, -0.2) is 47.6 Å². The zero-order valence-electron chi connectivity index (χ0n) is 12.3. The number of piperazine rings is 1. The second kappa shape index (κ2) is 8.22. The minimum absolute atomic E-state index is 0.929. The summed E-state index contributed by atoms with van der Waals surface area (Å²) in [6.45, 7) is 8.49. The Morgan fingerprint density at radius 1 is 1.15 bits per heavy atom. The van der Waals surface area contributed by atoms with Crippen LogP contribution in [0.4, 0.5) is 0 Å². The van der Waals surface area contributed by atoms with Gasteiger partial charge in [-0.3, -0.25) is 4.90 Å². The van der Waals surface area contributed by atoms with E-state index in [0.717, 1.165) is 44.4 Å². The quantitative estimate of drug-likeness (QED) is 0.663. The van der Waals surface area contributed by atoms with E-state index in [4.69, 9.17) is 12.2 Å². The normalized spacial score (nSPS) is 16.1. The lowest BCUT2D eigenvalue weighted by Gasteiger charge is -2.36. The molecule has 1 aliphatic rings. The highest BCUT2D eigenvalue weighted by Crippen LogP contribution is 2.08. The third kappa shape index (κ3) is 4.76. The molecular weight excluding hydrogens is 266 g/mol. The van der Waals surface area contributed by atoms with Gasteiger partial charge in [0, 0.05) is 39.3 Å². The van der Waals surface area contributed by atoms with Crippen LogP contribution in [-0.2, 0) is 6.54 Å². The molecule has 1 aromatic carbocycles. The molecule has 0 radical (unpaired) electrons. The third-order valence-corrected chi connectivity index (χ3v) is 4.12. The van der Waals surface area contributed by atoms with Gasteiger partial charge in [-0.1, -0.05) is 43.7 Å². The number of benzene rings is 1. The summed E-state index contributed by atoms with van der Waals surface area (Å²) in [5.41, 5.74) is 1.39. The fraction of sp³-hybridized carbons (Fsp3) is 0.562. The highest BCUT2D eigenvalue weighted by Gasteiger charge is 2.18. The maximum Gasteiger partial charge on any atom is 0.169 e. The number of unbranched alkanes of at least 4 members (excludes halogenated alkanes) is 1. The Hall–Kier alpha value is -1.13. The highest BCUT2D eigenvalue weighted by molar-refractivity contribution is 7.80. The Balaban J connectivity index is 1.71. The van der Waals surface area contributed by atoms with Gasteiger partial charge < -0.3 is 10.2 Å². The molecule has 20 heavy (non-hydrogen) atoms. The minimum atomic E-state index is 0.929. The van der Waals surface area contributed by atoms with Crippen molar-refractivity contribution in [1.29, 1.82) is 0 Å². The Labute approximate surface area is 128 Å². The first-order valence-electron chi connectivity index (χ1n) is 7.58. The molecule has 0 atom stereocenters. The van der Waals surface area contributed by atoms with Crippen LogP contribution < -0.4 is 5.32 Å². The van der Waals surface area contributed by atoms with Crippen molar-refractivity contribution in [3.05, 3.63) is 35.9 Å². The van der Waals surface area contributed by atoms with Gasteiger partial charge in [0.15, 0.2) is 5.11 Å². The lowest BCUT2D eigenvalue weighted by Crippen LogP contribution is -2.51. The molecular formula is C16H25N3S. The van der Waals surface area contributed by atoms with Crippen molar-refractivity contribution < 1.29 is 0 Å². The predicted molar refractivity (Wildman–Crippen MR) is 88.8 cm³/mol. The summed E-state index contributed by atoms with van der Waals surface area (Å²) in [5, 5.41) is 4.29. The van der Waals surface area contributed by atoms with E-state index >= 15 is 0 Å². The van der Waals surface area contributed by atoms with Gasteiger partial charge in [-0.2, -0.15) is 0 Å². The molecule has 2 rings (SSSR count). The summed E-state index contributed by atoms with van der Waals surface area (Å²) < 4.78 is 0. The first-order chi connectivity index (χ1) is 9.79. The summed E-state index contributed by atoms with van der Waals surface area (Å²) in [6.07, 6.45) is 2.40. The summed E-state index contributed by atoms with van der Waals surface area (Å²) >= 11 is 5.45. The molecule has 1 N–H and O–H groups in total. The van der Waals surface area contributed by atoms with Crippen molar-refractivity contribution in [3.8, 4) is 0 Å².